The summed E-state index contributed by atoms with van der Waals surface area (Å²) in [7, 11) is 0. The number of piperidine rings is 1. The van der Waals surface area contributed by atoms with Crippen LogP contribution in [0.4, 0.5) is 5.69 Å². The quantitative estimate of drug-likeness (QED) is 0.251. The average molecular weight is 574 g/mol. The van der Waals surface area contributed by atoms with Crippen LogP contribution < -0.4 is 5.32 Å². The third kappa shape index (κ3) is 3.46. The summed E-state index contributed by atoms with van der Waals surface area (Å²) in [6, 6.07) is 37.9. The van der Waals surface area contributed by atoms with E-state index in [-0.39, 0.29) is 5.54 Å². The van der Waals surface area contributed by atoms with Crippen molar-refractivity contribution in [2.45, 2.75) is 23.9 Å². The van der Waals surface area contributed by atoms with Crippen molar-refractivity contribution in [3.05, 3.63) is 134 Å². The molecule has 0 amide bonds. The molecule has 6 rings (SSSR count). The van der Waals surface area contributed by atoms with Gasteiger partial charge in [-0.25, -0.2) is 0 Å². The van der Waals surface area contributed by atoms with Gasteiger partial charge >= 0.3 is 0 Å². The first kappa shape index (κ1) is 22.1. The molecule has 0 aliphatic carbocycles. The van der Waals surface area contributed by atoms with Gasteiger partial charge in [0.1, 0.15) is 0 Å². The van der Waals surface area contributed by atoms with E-state index in [1.54, 1.807) is 0 Å². The van der Waals surface area contributed by atoms with Crippen LogP contribution in [0.25, 0.3) is 0 Å². The molecule has 2 aliphatic rings. The number of benzene rings is 4. The van der Waals surface area contributed by atoms with E-state index in [0.29, 0.717) is 12.0 Å². The van der Waals surface area contributed by atoms with Crippen molar-refractivity contribution in [3.63, 3.8) is 0 Å². The number of rotatable bonds is 4. The zero-order valence-corrected chi connectivity index (χ0v) is 22.0. The Bertz CT molecular complexity index is 1200. The molecule has 1 N–H and O–H groups in total. The zero-order chi connectivity index (χ0) is 23.1. The molecule has 0 spiro atoms. The van der Waals surface area contributed by atoms with Gasteiger partial charge < -0.3 is 5.32 Å². The molecule has 170 valence electrons. The van der Waals surface area contributed by atoms with Gasteiger partial charge in [-0.3, -0.25) is 4.90 Å². The van der Waals surface area contributed by atoms with Crippen LogP contribution in [-0.2, 0) is 5.54 Å². The molecule has 2 atom stereocenters. The monoisotopic (exact) mass is 572 g/mol. The molecule has 1 saturated heterocycles. The van der Waals surface area contributed by atoms with E-state index >= 15 is 0 Å². The minimum absolute atomic E-state index is 0.365. The number of hydrogen-bond donors (Lipinski definition) is 1. The van der Waals surface area contributed by atoms with Crippen LogP contribution in [0.15, 0.2) is 112 Å². The van der Waals surface area contributed by atoms with Crippen LogP contribution in [0.5, 0.6) is 0 Å². The first-order chi connectivity index (χ1) is 16.7. The fraction of sp³-hybridized carbons (Fsp3) is 0.200. The van der Waals surface area contributed by atoms with Crippen molar-refractivity contribution in [2.75, 3.05) is 18.4 Å². The van der Waals surface area contributed by atoms with E-state index in [2.05, 4.69) is 145 Å². The lowest BCUT2D eigenvalue weighted by molar-refractivity contribution is 0.111. The topological polar surface area (TPSA) is 15.3 Å². The highest BCUT2D eigenvalue weighted by Gasteiger charge is 2.48. The minimum atomic E-state index is -0.365. The molecule has 0 aromatic heterocycles. The van der Waals surface area contributed by atoms with Gasteiger partial charge in [0, 0.05) is 34.0 Å². The SMILES string of the molecule is Brc1ccc(Br)c2c1NC1CCN(C(c3ccccc3)(c3ccccc3)c3ccccc3)CC21. The highest BCUT2D eigenvalue weighted by molar-refractivity contribution is 9.11. The summed E-state index contributed by atoms with van der Waals surface area (Å²) >= 11 is 7.65. The second-order valence-electron chi connectivity index (χ2n) is 9.22. The molecule has 1 fully saturated rings. The number of likely N-dealkylation sites (tertiary alicyclic amines) is 1. The molecule has 4 heteroatoms. The number of nitrogens with zero attached hydrogens (tertiary/aromatic N) is 1. The Morgan fingerprint density at radius 1 is 0.676 bits per heavy atom. The van der Waals surface area contributed by atoms with Crippen LogP contribution in [0.2, 0.25) is 0 Å². The maximum absolute atomic E-state index is 3.87. The number of anilines is 1. The molecule has 2 unspecified atom stereocenters. The summed E-state index contributed by atoms with van der Waals surface area (Å²) in [5.41, 5.74) is 6.21. The van der Waals surface area contributed by atoms with Crippen molar-refractivity contribution in [3.8, 4) is 0 Å². The molecule has 2 aliphatic heterocycles. The lowest BCUT2D eigenvalue weighted by atomic mass is 9.73. The van der Waals surface area contributed by atoms with Gasteiger partial charge in [-0.05, 0) is 56.7 Å². The lowest BCUT2D eigenvalue weighted by Gasteiger charge is -2.49. The molecule has 0 bridgehead atoms. The molecule has 0 saturated carbocycles. The van der Waals surface area contributed by atoms with Gasteiger partial charge in [0.15, 0.2) is 0 Å². The predicted molar refractivity (Wildman–Crippen MR) is 147 cm³/mol. The van der Waals surface area contributed by atoms with Crippen molar-refractivity contribution < 1.29 is 0 Å². The highest BCUT2D eigenvalue weighted by Crippen LogP contribution is 2.51. The number of nitrogens with one attached hydrogen (secondary N) is 1. The molecular weight excluding hydrogens is 548 g/mol. The number of hydrogen-bond acceptors (Lipinski definition) is 2. The van der Waals surface area contributed by atoms with Crippen molar-refractivity contribution in [2.24, 2.45) is 0 Å². The van der Waals surface area contributed by atoms with E-state index < -0.39 is 0 Å². The van der Waals surface area contributed by atoms with Gasteiger partial charge in [-0.1, -0.05) is 107 Å². The summed E-state index contributed by atoms with van der Waals surface area (Å²) in [6.45, 7) is 1.98. The fourth-order valence-electron chi connectivity index (χ4n) is 6.07. The standard InChI is InChI=1S/C30H26Br2N2/c31-25-16-17-26(32)29-28(25)24-20-34(19-18-27(24)33-29)30(21-10-4-1-5-11-21,22-12-6-2-7-13-22)23-14-8-3-9-15-23/h1-17,24,27,33H,18-20H2. The van der Waals surface area contributed by atoms with E-state index in [0.717, 1.165) is 24.0 Å². The summed E-state index contributed by atoms with van der Waals surface area (Å²) in [6.07, 6.45) is 1.09. The molecule has 0 radical (unpaired) electrons. The van der Waals surface area contributed by atoms with E-state index in [4.69, 9.17) is 0 Å². The summed E-state index contributed by atoms with van der Waals surface area (Å²) in [5.74, 6) is 0.408. The van der Waals surface area contributed by atoms with Crippen LogP contribution in [0, 0.1) is 0 Å². The summed E-state index contributed by atoms with van der Waals surface area (Å²) in [5, 5.41) is 3.83. The molecule has 4 aromatic carbocycles. The zero-order valence-electron chi connectivity index (χ0n) is 18.8. The van der Waals surface area contributed by atoms with Gasteiger partial charge in [-0.15, -0.1) is 0 Å². The van der Waals surface area contributed by atoms with E-state index in [1.807, 2.05) is 0 Å². The van der Waals surface area contributed by atoms with Gasteiger partial charge in [-0.2, -0.15) is 0 Å². The number of fused-ring (bicyclic) bond motifs is 3. The van der Waals surface area contributed by atoms with E-state index in [1.165, 1.54) is 32.4 Å². The highest BCUT2D eigenvalue weighted by atomic mass is 79.9. The third-order valence-electron chi connectivity index (χ3n) is 7.50. The molecule has 2 heterocycles. The van der Waals surface area contributed by atoms with Crippen LogP contribution >= 0.6 is 31.9 Å². The van der Waals surface area contributed by atoms with E-state index in [9.17, 15) is 0 Å². The Kier molecular flexibility index (Phi) is 5.84. The molecule has 4 aromatic rings. The van der Waals surface area contributed by atoms with Gasteiger partial charge in [0.05, 0.1) is 11.2 Å². The summed E-state index contributed by atoms with van der Waals surface area (Å²) in [4.78, 5) is 2.72. The Balaban J connectivity index is 1.55. The minimum Gasteiger partial charge on any atom is -0.380 e. The molecular formula is C30H26Br2N2. The lowest BCUT2D eigenvalue weighted by Crippen LogP contribution is -2.54. The Morgan fingerprint density at radius 3 is 1.71 bits per heavy atom. The van der Waals surface area contributed by atoms with Crippen molar-refractivity contribution in [1.82, 2.24) is 4.90 Å². The van der Waals surface area contributed by atoms with Crippen molar-refractivity contribution in [1.29, 1.82) is 0 Å². The second-order valence-corrected chi connectivity index (χ2v) is 10.9. The normalized spacial score (nSPS) is 19.8. The Labute approximate surface area is 218 Å². The van der Waals surface area contributed by atoms with Crippen molar-refractivity contribution >= 4 is 37.5 Å². The van der Waals surface area contributed by atoms with Gasteiger partial charge in [0.25, 0.3) is 0 Å². The van der Waals surface area contributed by atoms with Gasteiger partial charge in [0.2, 0.25) is 0 Å². The maximum atomic E-state index is 3.87. The van der Waals surface area contributed by atoms with Crippen LogP contribution in [-0.4, -0.2) is 24.0 Å². The first-order valence-electron chi connectivity index (χ1n) is 11.9. The van der Waals surface area contributed by atoms with Crippen LogP contribution in [0.1, 0.15) is 34.6 Å². The first-order valence-corrected chi connectivity index (χ1v) is 13.4. The smallest absolute Gasteiger partial charge is 0.0973 e. The summed E-state index contributed by atoms with van der Waals surface area (Å²) < 4.78 is 2.34. The molecule has 2 nitrogen and oxygen atoms in total. The fourth-order valence-corrected chi connectivity index (χ4v) is 7.15. The average Bonchev–Trinajstić information content (AvgIpc) is 3.29. The predicted octanol–water partition coefficient (Wildman–Crippen LogP) is 7.79. The molecule has 34 heavy (non-hydrogen) atoms. The second kappa shape index (κ2) is 8.99. The third-order valence-corrected chi connectivity index (χ3v) is 8.86. The Hall–Kier alpha value is -2.40. The Morgan fingerprint density at radius 2 is 1.18 bits per heavy atom. The van der Waals surface area contributed by atoms with Crippen LogP contribution in [0.3, 0.4) is 0 Å². The largest absolute Gasteiger partial charge is 0.380 e. The number of halogens is 2. The maximum Gasteiger partial charge on any atom is 0.0973 e.